The van der Waals surface area contributed by atoms with Crippen molar-refractivity contribution in [3.63, 3.8) is 0 Å². The van der Waals surface area contributed by atoms with E-state index in [1.807, 2.05) is 0 Å². The Morgan fingerprint density at radius 1 is 1.50 bits per heavy atom. The van der Waals surface area contributed by atoms with Crippen molar-refractivity contribution in [2.24, 2.45) is 5.84 Å². The first-order valence-corrected chi connectivity index (χ1v) is 8.57. The number of nitrogens with two attached hydrogens (primary N) is 1. The lowest BCUT2D eigenvalue weighted by Crippen LogP contribution is -2.51. The summed E-state index contributed by atoms with van der Waals surface area (Å²) in [6.07, 6.45) is -0.519. The van der Waals surface area contributed by atoms with E-state index in [-0.39, 0.29) is 29.7 Å². The van der Waals surface area contributed by atoms with Crippen molar-refractivity contribution < 1.29 is 23.4 Å². The molecule has 0 aliphatic carbocycles. The van der Waals surface area contributed by atoms with Crippen LogP contribution in [0.4, 0.5) is 14.9 Å². The lowest BCUT2D eigenvalue weighted by atomic mass is 10.2. The summed E-state index contributed by atoms with van der Waals surface area (Å²) in [6, 6.07) is 2.02. The second kappa shape index (κ2) is 7.46. The Kier molecular flexibility index (Phi) is 5.89. The lowest BCUT2D eigenvalue weighted by Gasteiger charge is -2.35. The maximum absolute atomic E-state index is 14.1. The average Bonchev–Trinajstić information content (AvgIpc) is 2.80. The van der Waals surface area contributed by atoms with Crippen LogP contribution >= 0.6 is 11.6 Å². The van der Waals surface area contributed by atoms with Crippen molar-refractivity contribution >= 4 is 23.4 Å². The number of nitrogen functional groups attached to an aromatic ring is 1. The number of hydrogen-bond donors (Lipinski definition) is 2. The number of ether oxygens (including phenoxy) is 3. The number of rotatable bonds is 4. The highest BCUT2D eigenvalue weighted by atomic mass is 35.5. The predicted octanol–water partition coefficient (Wildman–Crippen LogP) is 3.52. The third kappa shape index (κ3) is 4.69. The number of halogens is 2. The second-order valence-corrected chi connectivity index (χ2v) is 7.89. The van der Waals surface area contributed by atoms with Gasteiger partial charge in [-0.05, 0) is 34.6 Å². The number of amides is 1. The molecular formula is C17H25ClFN3O4. The highest BCUT2D eigenvalue weighted by Gasteiger charge is 2.46. The molecule has 1 fully saturated rings. The molecule has 1 aromatic carbocycles. The minimum atomic E-state index is -0.861. The summed E-state index contributed by atoms with van der Waals surface area (Å²) in [7, 11) is 0. The zero-order chi connectivity index (χ0) is 19.7. The molecule has 26 heavy (non-hydrogen) atoms. The van der Waals surface area contributed by atoms with E-state index in [9.17, 15) is 9.18 Å². The van der Waals surface area contributed by atoms with Crippen LogP contribution in [-0.4, -0.2) is 41.6 Å². The van der Waals surface area contributed by atoms with Gasteiger partial charge in [0.1, 0.15) is 17.9 Å². The van der Waals surface area contributed by atoms with E-state index in [2.05, 4.69) is 5.43 Å². The first-order valence-electron chi connectivity index (χ1n) is 8.19. The molecule has 1 amide bonds. The molecule has 0 spiro atoms. The van der Waals surface area contributed by atoms with Gasteiger partial charge in [-0.2, -0.15) is 0 Å². The summed E-state index contributed by atoms with van der Waals surface area (Å²) in [5, 5.41) is 0.218. The Hall–Kier alpha value is -1.77. The van der Waals surface area contributed by atoms with Crippen molar-refractivity contribution in [2.75, 3.05) is 18.6 Å². The first kappa shape index (κ1) is 20.5. The molecule has 0 aromatic heterocycles. The van der Waals surface area contributed by atoms with Crippen LogP contribution in [-0.2, 0) is 9.47 Å². The number of hydrogen-bond acceptors (Lipinski definition) is 6. The summed E-state index contributed by atoms with van der Waals surface area (Å²) in [4.78, 5) is 14.0. The SMILES string of the molecule is CC(C)(C)OC(=O)N1C(COc2cc(Cl)c(NN)cc2F)COC1(C)C. The van der Waals surface area contributed by atoms with Crippen LogP contribution < -0.4 is 16.0 Å². The van der Waals surface area contributed by atoms with Gasteiger partial charge in [-0.25, -0.2) is 9.18 Å². The molecule has 0 bridgehead atoms. The molecule has 3 N–H and O–H groups in total. The third-order valence-electron chi connectivity index (χ3n) is 3.77. The van der Waals surface area contributed by atoms with Crippen molar-refractivity contribution in [3.05, 3.63) is 23.0 Å². The van der Waals surface area contributed by atoms with Gasteiger partial charge in [-0.15, -0.1) is 0 Å². The Bertz CT molecular complexity index is 679. The summed E-state index contributed by atoms with van der Waals surface area (Å²) < 4.78 is 30.8. The molecule has 1 saturated heterocycles. The Labute approximate surface area is 157 Å². The van der Waals surface area contributed by atoms with Crippen LogP contribution in [0.15, 0.2) is 12.1 Å². The van der Waals surface area contributed by atoms with E-state index in [0.29, 0.717) is 0 Å². The van der Waals surface area contributed by atoms with Crippen molar-refractivity contribution in [1.29, 1.82) is 0 Å². The molecule has 7 nitrogen and oxygen atoms in total. The molecule has 1 aliphatic heterocycles. The standard InChI is InChI=1S/C17H25ClFN3O4/c1-16(2,3)26-15(23)22-10(9-25-17(22,4)5)8-24-14-6-11(18)13(21-20)7-12(14)19/h6-7,10,21H,8-9,20H2,1-5H3. The van der Waals surface area contributed by atoms with Gasteiger partial charge >= 0.3 is 6.09 Å². The highest BCUT2D eigenvalue weighted by Crippen LogP contribution is 2.32. The van der Waals surface area contributed by atoms with Crippen molar-refractivity contribution in [3.8, 4) is 5.75 Å². The lowest BCUT2D eigenvalue weighted by molar-refractivity contribution is -0.0637. The number of hydrazine groups is 1. The van der Waals surface area contributed by atoms with Crippen LogP contribution in [0, 0.1) is 5.82 Å². The number of anilines is 1. The summed E-state index contributed by atoms with van der Waals surface area (Å²) in [5.74, 6) is 4.60. The van der Waals surface area contributed by atoms with E-state index < -0.39 is 29.3 Å². The van der Waals surface area contributed by atoms with Crippen molar-refractivity contribution in [1.82, 2.24) is 4.90 Å². The van der Waals surface area contributed by atoms with Gasteiger partial charge in [0.2, 0.25) is 0 Å². The van der Waals surface area contributed by atoms with Crippen molar-refractivity contribution in [2.45, 2.75) is 52.0 Å². The molecule has 0 saturated carbocycles. The smallest absolute Gasteiger partial charge is 0.413 e. The quantitative estimate of drug-likeness (QED) is 0.605. The Balaban J connectivity index is 2.13. The second-order valence-electron chi connectivity index (χ2n) is 7.48. The maximum atomic E-state index is 14.1. The molecular weight excluding hydrogens is 365 g/mol. The molecule has 1 aromatic rings. The van der Waals surface area contributed by atoms with Gasteiger partial charge < -0.3 is 19.6 Å². The van der Waals surface area contributed by atoms with E-state index >= 15 is 0 Å². The van der Waals surface area contributed by atoms with E-state index in [0.717, 1.165) is 6.07 Å². The first-order chi connectivity index (χ1) is 11.9. The largest absolute Gasteiger partial charge is 0.488 e. The van der Waals surface area contributed by atoms with Gasteiger partial charge in [-0.1, -0.05) is 11.6 Å². The number of benzene rings is 1. The molecule has 9 heteroatoms. The topological polar surface area (TPSA) is 86.0 Å². The molecule has 1 unspecified atom stereocenters. The third-order valence-corrected chi connectivity index (χ3v) is 4.09. The minimum Gasteiger partial charge on any atom is -0.488 e. The zero-order valence-corrected chi connectivity index (χ0v) is 16.3. The number of nitrogens with zero attached hydrogens (tertiary/aromatic N) is 1. The van der Waals surface area contributed by atoms with E-state index in [1.54, 1.807) is 34.6 Å². The Morgan fingerprint density at radius 2 is 2.15 bits per heavy atom. The average molecular weight is 390 g/mol. The highest BCUT2D eigenvalue weighted by molar-refractivity contribution is 6.33. The molecule has 1 aliphatic rings. The fourth-order valence-corrected chi connectivity index (χ4v) is 2.83. The van der Waals surface area contributed by atoms with Crippen LogP contribution in [0.5, 0.6) is 5.75 Å². The summed E-state index contributed by atoms with van der Waals surface area (Å²) in [5.41, 5.74) is 1.04. The number of nitrogens with one attached hydrogen (secondary N) is 1. The normalized spacial score (nSPS) is 19.4. The molecule has 146 valence electrons. The summed E-state index contributed by atoms with van der Waals surface area (Å²) >= 11 is 6.00. The van der Waals surface area contributed by atoms with Gasteiger partial charge in [-0.3, -0.25) is 10.7 Å². The molecule has 1 heterocycles. The fraction of sp³-hybridized carbons (Fsp3) is 0.588. The minimum absolute atomic E-state index is 0.0192. The van der Waals surface area contributed by atoms with Gasteiger partial charge in [0.05, 0.1) is 23.4 Å². The summed E-state index contributed by atoms with van der Waals surface area (Å²) in [6.45, 7) is 9.13. The molecule has 1 atom stereocenters. The maximum Gasteiger partial charge on any atom is 0.413 e. The fourth-order valence-electron chi connectivity index (χ4n) is 2.62. The number of carbonyl (C=O) groups excluding carboxylic acids is 1. The monoisotopic (exact) mass is 389 g/mol. The Morgan fingerprint density at radius 3 is 2.73 bits per heavy atom. The van der Waals surface area contributed by atoms with Gasteiger partial charge in [0.15, 0.2) is 11.6 Å². The van der Waals surface area contributed by atoms with Crippen LogP contribution in [0.1, 0.15) is 34.6 Å². The predicted molar refractivity (Wildman–Crippen MR) is 96.6 cm³/mol. The van der Waals surface area contributed by atoms with Crippen LogP contribution in [0.25, 0.3) is 0 Å². The van der Waals surface area contributed by atoms with Gasteiger partial charge in [0, 0.05) is 12.1 Å². The number of carbonyl (C=O) groups is 1. The molecule has 2 rings (SSSR count). The van der Waals surface area contributed by atoms with E-state index in [1.165, 1.54) is 11.0 Å². The van der Waals surface area contributed by atoms with E-state index in [4.69, 9.17) is 31.7 Å². The van der Waals surface area contributed by atoms with Crippen LogP contribution in [0.3, 0.4) is 0 Å². The van der Waals surface area contributed by atoms with Gasteiger partial charge in [0.25, 0.3) is 0 Å². The zero-order valence-electron chi connectivity index (χ0n) is 15.6. The van der Waals surface area contributed by atoms with Crippen LogP contribution in [0.2, 0.25) is 5.02 Å². The molecule has 0 radical (unpaired) electrons.